The molecule has 0 saturated carbocycles. The molecular formula is C22H28N2O3. The molecule has 0 bridgehead atoms. The molecule has 2 N–H and O–H groups in total. The van der Waals surface area contributed by atoms with Gasteiger partial charge in [0.1, 0.15) is 5.75 Å². The number of amides is 2. The van der Waals surface area contributed by atoms with Gasteiger partial charge in [-0.15, -0.1) is 0 Å². The molecule has 0 fully saturated rings. The van der Waals surface area contributed by atoms with Gasteiger partial charge >= 0.3 is 0 Å². The van der Waals surface area contributed by atoms with Gasteiger partial charge in [0.25, 0.3) is 11.8 Å². The highest BCUT2D eigenvalue weighted by molar-refractivity contribution is 5.94. The van der Waals surface area contributed by atoms with E-state index in [1.165, 1.54) is 5.56 Å². The van der Waals surface area contributed by atoms with Crippen LogP contribution in [0.5, 0.6) is 5.75 Å². The third-order valence-corrected chi connectivity index (χ3v) is 4.29. The van der Waals surface area contributed by atoms with Gasteiger partial charge in [-0.05, 0) is 47.7 Å². The predicted octanol–water partition coefficient (Wildman–Crippen LogP) is 3.43. The van der Waals surface area contributed by atoms with Crippen LogP contribution in [0.3, 0.4) is 0 Å². The second kappa shape index (κ2) is 8.71. The average molecular weight is 368 g/mol. The molecule has 0 aliphatic heterocycles. The Morgan fingerprint density at radius 1 is 1.07 bits per heavy atom. The lowest BCUT2D eigenvalue weighted by molar-refractivity contribution is -0.127. The summed E-state index contributed by atoms with van der Waals surface area (Å²) in [5, 5.41) is 5.43. The zero-order chi connectivity index (χ0) is 20.0. The van der Waals surface area contributed by atoms with Gasteiger partial charge in [-0.3, -0.25) is 9.59 Å². The summed E-state index contributed by atoms with van der Waals surface area (Å²) in [5.74, 6) is 0.297. The van der Waals surface area contributed by atoms with Gasteiger partial charge in [0.2, 0.25) is 0 Å². The van der Waals surface area contributed by atoms with Crippen LogP contribution in [0, 0.1) is 0 Å². The number of ether oxygens (including phenoxy) is 1. The van der Waals surface area contributed by atoms with E-state index in [2.05, 4.69) is 31.4 Å². The van der Waals surface area contributed by atoms with Crippen molar-refractivity contribution in [2.24, 2.45) is 0 Å². The van der Waals surface area contributed by atoms with Gasteiger partial charge in [0, 0.05) is 19.2 Å². The van der Waals surface area contributed by atoms with Crippen molar-refractivity contribution in [3.05, 3.63) is 65.2 Å². The van der Waals surface area contributed by atoms with Crippen molar-refractivity contribution < 1.29 is 14.3 Å². The molecule has 144 valence electrons. The van der Waals surface area contributed by atoms with Crippen molar-refractivity contribution in [2.45, 2.75) is 45.8 Å². The van der Waals surface area contributed by atoms with Gasteiger partial charge in [0.05, 0.1) is 0 Å². The number of carbonyl (C=O) groups excluding carboxylic acids is 2. The summed E-state index contributed by atoms with van der Waals surface area (Å²) in [5.41, 5.74) is 2.70. The Morgan fingerprint density at radius 3 is 2.33 bits per heavy atom. The Balaban J connectivity index is 1.91. The fourth-order valence-corrected chi connectivity index (χ4v) is 2.59. The number of rotatable bonds is 6. The molecule has 2 amide bonds. The first-order valence-electron chi connectivity index (χ1n) is 9.06. The third kappa shape index (κ3) is 5.84. The summed E-state index contributed by atoms with van der Waals surface area (Å²) in [6.07, 6.45) is -0.618. The minimum Gasteiger partial charge on any atom is -0.481 e. The van der Waals surface area contributed by atoms with Crippen molar-refractivity contribution in [3.8, 4) is 5.75 Å². The molecule has 0 aliphatic rings. The van der Waals surface area contributed by atoms with Crippen molar-refractivity contribution in [1.29, 1.82) is 0 Å². The number of carbonyl (C=O) groups is 2. The molecule has 0 spiro atoms. The van der Waals surface area contributed by atoms with Crippen LogP contribution in [0.25, 0.3) is 0 Å². The van der Waals surface area contributed by atoms with Crippen LogP contribution < -0.4 is 15.4 Å². The minimum absolute atomic E-state index is 0.0741. The Hall–Kier alpha value is -2.82. The molecule has 27 heavy (non-hydrogen) atoms. The molecule has 0 saturated heterocycles. The van der Waals surface area contributed by atoms with Crippen molar-refractivity contribution in [2.75, 3.05) is 7.05 Å². The van der Waals surface area contributed by atoms with Crippen LogP contribution in [0.1, 0.15) is 49.2 Å². The van der Waals surface area contributed by atoms with Crippen molar-refractivity contribution in [3.63, 3.8) is 0 Å². The molecule has 1 unspecified atom stereocenters. The fraction of sp³-hybridized carbons (Fsp3) is 0.364. The summed E-state index contributed by atoms with van der Waals surface area (Å²) >= 11 is 0. The molecule has 1 atom stereocenters. The first-order valence-corrected chi connectivity index (χ1v) is 9.06. The van der Waals surface area contributed by atoms with E-state index < -0.39 is 6.10 Å². The lowest BCUT2D eigenvalue weighted by Crippen LogP contribution is -2.36. The normalized spacial score (nSPS) is 12.2. The van der Waals surface area contributed by atoms with E-state index in [0.717, 1.165) is 5.56 Å². The van der Waals surface area contributed by atoms with Crippen LogP contribution in [-0.2, 0) is 16.8 Å². The highest BCUT2D eigenvalue weighted by atomic mass is 16.5. The van der Waals surface area contributed by atoms with Crippen molar-refractivity contribution >= 4 is 11.8 Å². The molecule has 2 aromatic carbocycles. The smallest absolute Gasteiger partial charge is 0.261 e. The van der Waals surface area contributed by atoms with Crippen molar-refractivity contribution in [1.82, 2.24) is 10.6 Å². The summed E-state index contributed by atoms with van der Waals surface area (Å²) in [6.45, 7) is 8.50. The lowest BCUT2D eigenvalue weighted by Gasteiger charge is -2.20. The van der Waals surface area contributed by atoms with Crippen LogP contribution in [0.15, 0.2) is 48.5 Å². The van der Waals surface area contributed by atoms with E-state index in [1.54, 1.807) is 32.2 Å². The third-order valence-electron chi connectivity index (χ3n) is 4.29. The quantitative estimate of drug-likeness (QED) is 0.821. The SMILES string of the molecule is CNC(=O)c1cccc(CNC(=O)C(C)Oc2ccc(C(C)(C)C)cc2)c1. The lowest BCUT2D eigenvalue weighted by atomic mass is 9.87. The van der Waals surface area contributed by atoms with Gasteiger partial charge < -0.3 is 15.4 Å². The molecule has 0 aromatic heterocycles. The number of hydrogen-bond acceptors (Lipinski definition) is 3. The van der Waals surface area contributed by atoms with Gasteiger partial charge in [-0.1, -0.05) is 45.0 Å². The van der Waals surface area contributed by atoms with E-state index in [0.29, 0.717) is 17.9 Å². The zero-order valence-corrected chi connectivity index (χ0v) is 16.6. The Bertz CT molecular complexity index is 792. The summed E-state index contributed by atoms with van der Waals surface area (Å²) in [4.78, 5) is 24.0. The topological polar surface area (TPSA) is 67.4 Å². The number of hydrogen-bond donors (Lipinski definition) is 2. The second-order valence-electron chi connectivity index (χ2n) is 7.53. The molecule has 0 radical (unpaired) electrons. The monoisotopic (exact) mass is 368 g/mol. The maximum absolute atomic E-state index is 12.3. The van der Waals surface area contributed by atoms with Crippen LogP contribution in [0.2, 0.25) is 0 Å². The molecular weight excluding hydrogens is 340 g/mol. The van der Waals surface area contributed by atoms with Gasteiger partial charge in [-0.25, -0.2) is 0 Å². The summed E-state index contributed by atoms with van der Waals surface area (Å²) in [7, 11) is 1.59. The summed E-state index contributed by atoms with van der Waals surface area (Å²) < 4.78 is 5.74. The van der Waals surface area contributed by atoms with E-state index >= 15 is 0 Å². The molecule has 0 heterocycles. The maximum atomic E-state index is 12.3. The highest BCUT2D eigenvalue weighted by Crippen LogP contribution is 2.24. The molecule has 5 heteroatoms. The first-order chi connectivity index (χ1) is 12.7. The Labute approximate surface area is 161 Å². The maximum Gasteiger partial charge on any atom is 0.261 e. The first kappa shape index (κ1) is 20.5. The summed E-state index contributed by atoms with van der Waals surface area (Å²) in [6, 6.07) is 15.0. The number of benzene rings is 2. The zero-order valence-electron chi connectivity index (χ0n) is 16.6. The Morgan fingerprint density at radius 2 is 1.74 bits per heavy atom. The fourth-order valence-electron chi connectivity index (χ4n) is 2.59. The molecule has 2 rings (SSSR count). The van der Waals surface area contributed by atoms with E-state index in [1.807, 2.05) is 30.3 Å². The van der Waals surface area contributed by atoms with Gasteiger partial charge in [0.15, 0.2) is 6.10 Å². The predicted molar refractivity (Wildman–Crippen MR) is 107 cm³/mol. The highest BCUT2D eigenvalue weighted by Gasteiger charge is 2.16. The molecule has 2 aromatic rings. The molecule has 0 aliphatic carbocycles. The second-order valence-corrected chi connectivity index (χ2v) is 7.53. The standard InChI is InChI=1S/C22H28N2O3/c1-15(27-19-11-9-18(10-12-19)22(2,3)4)20(25)24-14-16-7-6-8-17(13-16)21(26)23-5/h6-13,15H,14H2,1-5H3,(H,23,26)(H,24,25). The van der Waals surface area contributed by atoms with E-state index in [9.17, 15) is 9.59 Å². The van der Waals surface area contributed by atoms with Crippen LogP contribution in [0.4, 0.5) is 0 Å². The van der Waals surface area contributed by atoms with Crippen LogP contribution >= 0.6 is 0 Å². The van der Waals surface area contributed by atoms with E-state index in [-0.39, 0.29) is 17.2 Å². The largest absolute Gasteiger partial charge is 0.481 e. The number of nitrogens with one attached hydrogen (secondary N) is 2. The van der Waals surface area contributed by atoms with Gasteiger partial charge in [-0.2, -0.15) is 0 Å². The average Bonchev–Trinajstić information content (AvgIpc) is 2.65. The Kier molecular flexibility index (Phi) is 6.61. The minimum atomic E-state index is -0.618. The van der Waals surface area contributed by atoms with E-state index in [4.69, 9.17) is 4.74 Å². The molecule has 5 nitrogen and oxygen atoms in total. The van der Waals surface area contributed by atoms with Crippen LogP contribution in [-0.4, -0.2) is 25.0 Å².